The van der Waals surface area contributed by atoms with Gasteiger partial charge in [0.25, 0.3) is 0 Å². The van der Waals surface area contributed by atoms with Gasteiger partial charge >= 0.3 is 0 Å². The molecular formula is C11H16O2. The largest absolute Gasteiger partial charge is 0.376 e. The van der Waals surface area contributed by atoms with Crippen molar-refractivity contribution in [2.45, 2.75) is 32.6 Å². The summed E-state index contributed by atoms with van der Waals surface area (Å²) in [6.45, 7) is 3.65. The zero-order valence-corrected chi connectivity index (χ0v) is 8.14. The number of ether oxygens (including phenoxy) is 1. The summed E-state index contributed by atoms with van der Waals surface area (Å²) in [5.74, 6) is 0.830. The number of unbranched alkanes of at least 4 members (excludes halogenated alkanes) is 1. The van der Waals surface area contributed by atoms with Crippen LogP contribution < -0.4 is 0 Å². The van der Waals surface area contributed by atoms with Crippen molar-refractivity contribution in [3.8, 4) is 0 Å². The van der Waals surface area contributed by atoms with E-state index in [0.29, 0.717) is 18.1 Å². The average Bonchev–Trinajstić information content (AvgIpc) is 2.62. The van der Waals surface area contributed by atoms with Crippen molar-refractivity contribution >= 4 is 5.78 Å². The molecular weight excluding hydrogens is 164 g/mol. The van der Waals surface area contributed by atoms with Crippen LogP contribution >= 0.6 is 0 Å². The second-order valence-corrected chi connectivity index (χ2v) is 3.95. The zero-order chi connectivity index (χ0) is 9.26. The molecule has 13 heavy (non-hydrogen) atoms. The molecule has 2 nitrogen and oxygen atoms in total. The highest BCUT2D eigenvalue weighted by molar-refractivity contribution is 5.99. The molecule has 1 atom stereocenters. The van der Waals surface area contributed by atoms with Crippen LogP contribution in [-0.2, 0) is 9.53 Å². The molecule has 1 heterocycles. The van der Waals surface area contributed by atoms with Crippen molar-refractivity contribution in [1.29, 1.82) is 0 Å². The first-order valence-corrected chi connectivity index (χ1v) is 5.15. The minimum absolute atomic E-state index is 0.386. The van der Waals surface area contributed by atoms with Crippen LogP contribution in [0.5, 0.6) is 0 Å². The van der Waals surface area contributed by atoms with Crippen LogP contribution in [0.2, 0.25) is 0 Å². The van der Waals surface area contributed by atoms with Gasteiger partial charge in [-0.3, -0.25) is 4.79 Å². The summed E-state index contributed by atoms with van der Waals surface area (Å²) < 4.78 is 5.36. The number of fused-ring (bicyclic) bond motifs is 1. The summed E-state index contributed by atoms with van der Waals surface area (Å²) in [5.41, 5.74) is 2.42. The van der Waals surface area contributed by atoms with Crippen LogP contribution in [-0.4, -0.2) is 19.0 Å². The molecule has 0 saturated carbocycles. The van der Waals surface area contributed by atoms with E-state index < -0.39 is 0 Å². The molecule has 0 aromatic heterocycles. The molecule has 1 fully saturated rings. The Kier molecular flexibility index (Phi) is 2.49. The van der Waals surface area contributed by atoms with E-state index in [4.69, 9.17) is 4.74 Å². The summed E-state index contributed by atoms with van der Waals surface area (Å²) in [4.78, 5) is 11.6. The lowest BCUT2D eigenvalue weighted by molar-refractivity contribution is -0.115. The third kappa shape index (κ3) is 1.55. The molecule has 2 heteroatoms. The Morgan fingerprint density at radius 3 is 3.15 bits per heavy atom. The van der Waals surface area contributed by atoms with E-state index in [-0.39, 0.29) is 0 Å². The molecule has 1 aliphatic carbocycles. The Balaban J connectivity index is 2.12. The van der Waals surface area contributed by atoms with Gasteiger partial charge in [0.2, 0.25) is 0 Å². The maximum Gasteiger partial charge on any atom is 0.159 e. The molecule has 0 radical (unpaired) electrons. The second-order valence-electron chi connectivity index (χ2n) is 3.95. The van der Waals surface area contributed by atoms with E-state index in [2.05, 4.69) is 6.92 Å². The average molecular weight is 180 g/mol. The molecule has 0 amide bonds. The van der Waals surface area contributed by atoms with E-state index in [0.717, 1.165) is 38.0 Å². The summed E-state index contributed by atoms with van der Waals surface area (Å²) in [7, 11) is 0. The topological polar surface area (TPSA) is 26.3 Å². The number of rotatable bonds is 3. The molecule has 0 aromatic rings. The van der Waals surface area contributed by atoms with Crippen LogP contribution in [0.15, 0.2) is 11.1 Å². The molecule has 0 unspecified atom stereocenters. The summed E-state index contributed by atoms with van der Waals surface area (Å²) >= 11 is 0. The predicted molar refractivity (Wildman–Crippen MR) is 50.5 cm³/mol. The Bertz CT molecular complexity index is 253. The van der Waals surface area contributed by atoms with Crippen LogP contribution in [0.4, 0.5) is 0 Å². The number of carbonyl (C=O) groups excluding carboxylic acids is 1. The van der Waals surface area contributed by atoms with Crippen molar-refractivity contribution in [3.05, 3.63) is 11.1 Å². The highest BCUT2D eigenvalue weighted by atomic mass is 16.5. The highest BCUT2D eigenvalue weighted by Crippen LogP contribution is 2.36. The van der Waals surface area contributed by atoms with Gasteiger partial charge in [-0.05, 0) is 24.0 Å². The van der Waals surface area contributed by atoms with Crippen molar-refractivity contribution < 1.29 is 9.53 Å². The maximum atomic E-state index is 11.6. The standard InChI is InChI=1S/C11H16O2/c1-2-3-4-9-10-7-13-6-8(10)5-11(9)12/h8H,2-7H2,1H3/t8-/m0/s1. The minimum atomic E-state index is 0.386. The lowest BCUT2D eigenvalue weighted by Gasteiger charge is -2.01. The fourth-order valence-electron chi connectivity index (χ4n) is 2.22. The SMILES string of the molecule is CCCCC1=C2COC[C@@H]2CC1=O. The van der Waals surface area contributed by atoms with Gasteiger partial charge < -0.3 is 4.74 Å². The summed E-state index contributed by atoms with van der Waals surface area (Å²) in [5, 5.41) is 0. The monoisotopic (exact) mass is 180 g/mol. The number of Topliss-reactive ketones (excluding diaryl/α,β-unsaturated/α-hetero) is 1. The zero-order valence-electron chi connectivity index (χ0n) is 8.14. The molecule has 0 aromatic carbocycles. The maximum absolute atomic E-state index is 11.6. The number of allylic oxidation sites excluding steroid dienone is 1. The van der Waals surface area contributed by atoms with Gasteiger partial charge in [-0.2, -0.15) is 0 Å². The molecule has 0 spiro atoms. The van der Waals surface area contributed by atoms with Crippen molar-refractivity contribution in [1.82, 2.24) is 0 Å². The quantitative estimate of drug-likeness (QED) is 0.664. The lowest BCUT2D eigenvalue weighted by atomic mass is 10.0. The Morgan fingerprint density at radius 2 is 2.38 bits per heavy atom. The highest BCUT2D eigenvalue weighted by Gasteiger charge is 2.35. The van der Waals surface area contributed by atoms with Gasteiger partial charge in [0, 0.05) is 12.3 Å². The normalized spacial score (nSPS) is 27.2. The van der Waals surface area contributed by atoms with E-state index in [9.17, 15) is 4.79 Å². The van der Waals surface area contributed by atoms with Crippen LogP contribution in [0, 0.1) is 5.92 Å². The third-order valence-electron chi connectivity index (χ3n) is 3.01. The molecule has 72 valence electrons. The number of ketones is 1. The second kappa shape index (κ2) is 3.62. The molecule has 0 N–H and O–H groups in total. The van der Waals surface area contributed by atoms with E-state index in [1.807, 2.05) is 0 Å². The van der Waals surface area contributed by atoms with Gasteiger partial charge in [-0.1, -0.05) is 13.3 Å². The van der Waals surface area contributed by atoms with Crippen LogP contribution in [0.1, 0.15) is 32.6 Å². The van der Waals surface area contributed by atoms with Gasteiger partial charge in [0.05, 0.1) is 13.2 Å². The minimum Gasteiger partial charge on any atom is -0.376 e. The lowest BCUT2D eigenvalue weighted by Crippen LogP contribution is -2.01. The Labute approximate surface area is 79.0 Å². The van der Waals surface area contributed by atoms with Gasteiger partial charge in [0.1, 0.15) is 0 Å². The van der Waals surface area contributed by atoms with Crippen LogP contribution in [0.25, 0.3) is 0 Å². The van der Waals surface area contributed by atoms with Gasteiger partial charge in [-0.25, -0.2) is 0 Å². The summed E-state index contributed by atoms with van der Waals surface area (Å²) in [6.07, 6.45) is 3.99. The molecule has 1 aliphatic heterocycles. The van der Waals surface area contributed by atoms with Crippen LogP contribution in [0.3, 0.4) is 0 Å². The fourth-order valence-corrected chi connectivity index (χ4v) is 2.22. The van der Waals surface area contributed by atoms with Crippen molar-refractivity contribution in [2.24, 2.45) is 5.92 Å². The molecule has 2 aliphatic rings. The molecule has 2 rings (SSSR count). The van der Waals surface area contributed by atoms with E-state index >= 15 is 0 Å². The Morgan fingerprint density at radius 1 is 1.54 bits per heavy atom. The van der Waals surface area contributed by atoms with E-state index in [1.54, 1.807) is 0 Å². The number of hydrogen-bond donors (Lipinski definition) is 0. The first kappa shape index (κ1) is 8.95. The first-order valence-electron chi connectivity index (χ1n) is 5.15. The first-order chi connectivity index (χ1) is 6.33. The van der Waals surface area contributed by atoms with Gasteiger partial charge in [0.15, 0.2) is 5.78 Å². The fraction of sp³-hybridized carbons (Fsp3) is 0.727. The Hall–Kier alpha value is -0.630. The summed E-state index contributed by atoms with van der Waals surface area (Å²) in [6, 6.07) is 0. The number of hydrogen-bond acceptors (Lipinski definition) is 2. The van der Waals surface area contributed by atoms with Crippen molar-refractivity contribution in [3.63, 3.8) is 0 Å². The smallest absolute Gasteiger partial charge is 0.159 e. The predicted octanol–water partition coefficient (Wildman–Crippen LogP) is 2.09. The van der Waals surface area contributed by atoms with Crippen molar-refractivity contribution in [2.75, 3.05) is 13.2 Å². The number of carbonyl (C=O) groups is 1. The molecule has 1 saturated heterocycles. The molecule has 0 bridgehead atoms. The van der Waals surface area contributed by atoms with Gasteiger partial charge in [-0.15, -0.1) is 0 Å². The van der Waals surface area contributed by atoms with E-state index in [1.165, 1.54) is 5.57 Å². The third-order valence-corrected chi connectivity index (χ3v) is 3.01.